The van der Waals surface area contributed by atoms with E-state index in [-0.39, 0.29) is 0 Å². The second kappa shape index (κ2) is 4.98. The molecule has 0 amide bonds. The minimum atomic E-state index is 1.58. The number of aromatic nitrogens is 2. The Balaban J connectivity index is 0.000000112. The lowest BCUT2D eigenvalue weighted by Gasteiger charge is -1.74. The molecule has 0 N–H and O–H groups in total. The second-order valence-electron chi connectivity index (χ2n) is 1.74. The van der Waals surface area contributed by atoms with Crippen LogP contribution in [0.2, 0.25) is 0 Å². The van der Waals surface area contributed by atoms with Gasteiger partial charge < -0.3 is 0 Å². The third kappa shape index (κ3) is 3.85. The summed E-state index contributed by atoms with van der Waals surface area (Å²) in [6, 6.07) is 4.04. The monoisotopic (exact) mass is 184 g/mol. The number of rotatable bonds is 0. The average Bonchev–Trinajstić information content (AvgIpc) is 2.57. The van der Waals surface area contributed by atoms with E-state index in [1.807, 2.05) is 22.9 Å². The van der Waals surface area contributed by atoms with Crippen LogP contribution in [0.3, 0.4) is 0 Å². The van der Waals surface area contributed by atoms with Crippen molar-refractivity contribution >= 4 is 24.2 Å². The summed E-state index contributed by atoms with van der Waals surface area (Å²) >= 11 is 5.60. The Hall–Kier alpha value is -0.740. The summed E-state index contributed by atoms with van der Waals surface area (Å²) in [7, 11) is 0. The first-order valence-electron chi connectivity index (χ1n) is 3.04. The molecule has 0 radical (unpaired) electrons. The lowest BCUT2D eigenvalue weighted by Crippen LogP contribution is -1.65. The first kappa shape index (κ1) is 8.36. The van der Waals surface area contributed by atoms with Crippen LogP contribution in [0.4, 0.5) is 0 Å². The summed E-state index contributed by atoms with van der Waals surface area (Å²) < 4.78 is 1.58. The molecule has 0 spiro atoms. The van der Waals surface area contributed by atoms with Crippen molar-refractivity contribution in [2.24, 2.45) is 0 Å². The molecule has 0 atom stereocenters. The molecule has 2 aromatic rings. The minimum absolute atomic E-state index is 1.58. The molecule has 0 unspecified atom stereocenters. The van der Waals surface area contributed by atoms with Crippen LogP contribution in [0.15, 0.2) is 41.6 Å². The fourth-order valence-corrected chi connectivity index (χ4v) is 1.05. The molecular formula is C7H8N2S2. The van der Waals surface area contributed by atoms with Gasteiger partial charge in [0.05, 0.1) is 0 Å². The predicted octanol–water partition coefficient (Wildman–Crippen LogP) is 2.32. The van der Waals surface area contributed by atoms with E-state index < -0.39 is 0 Å². The van der Waals surface area contributed by atoms with Crippen molar-refractivity contribution in [2.45, 2.75) is 0 Å². The Morgan fingerprint density at radius 2 is 2.00 bits per heavy atom. The van der Waals surface area contributed by atoms with Gasteiger partial charge in [0.2, 0.25) is 0 Å². The maximum atomic E-state index is 3.89. The molecule has 0 fully saturated rings. The Bertz CT molecular complexity index is 233. The number of thiol groups is 1. The maximum Gasteiger partial charge on any atom is 0.104 e. The molecule has 2 heterocycles. The fraction of sp³-hybridized carbons (Fsp3) is 0. The number of nitrogens with zero attached hydrogens (tertiary/aromatic N) is 2. The average molecular weight is 184 g/mol. The van der Waals surface area contributed by atoms with Crippen LogP contribution in [-0.4, -0.2) is 8.96 Å². The smallest absolute Gasteiger partial charge is 0.104 e. The predicted molar refractivity (Wildman–Crippen MR) is 50.9 cm³/mol. The fourth-order valence-electron chi connectivity index (χ4n) is 0.479. The zero-order chi connectivity index (χ0) is 7.94. The molecule has 0 saturated heterocycles. The highest BCUT2D eigenvalue weighted by Gasteiger charge is 1.70. The Morgan fingerprint density at radius 3 is 2.18 bits per heavy atom. The van der Waals surface area contributed by atoms with E-state index in [4.69, 9.17) is 0 Å². The van der Waals surface area contributed by atoms with Gasteiger partial charge in [-0.15, -0.1) is 0 Å². The van der Waals surface area contributed by atoms with Crippen LogP contribution in [0.1, 0.15) is 0 Å². The quantitative estimate of drug-likeness (QED) is 0.622. The highest BCUT2D eigenvalue weighted by molar-refractivity contribution is 7.78. The maximum absolute atomic E-state index is 3.89. The van der Waals surface area contributed by atoms with E-state index in [0.717, 1.165) is 0 Å². The van der Waals surface area contributed by atoms with Gasteiger partial charge >= 0.3 is 0 Å². The van der Waals surface area contributed by atoms with Crippen LogP contribution in [0, 0.1) is 0 Å². The van der Waals surface area contributed by atoms with Crippen LogP contribution in [0.25, 0.3) is 0 Å². The highest BCUT2D eigenvalue weighted by atomic mass is 32.1. The summed E-state index contributed by atoms with van der Waals surface area (Å²) in [5, 5.41) is 4.08. The molecule has 2 aromatic heterocycles. The van der Waals surface area contributed by atoms with Gasteiger partial charge in [-0.2, -0.15) is 11.3 Å². The third-order valence-corrected chi connectivity index (χ3v) is 1.78. The van der Waals surface area contributed by atoms with Crippen LogP contribution >= 0.6 is 24.2 Å². The van der Waals surface area contributed by atoms with E-state index >= 15 is 0 Å². The van der Waals surface area contributed by atoms with Gasteiger partial charge in [-0.25, -0.2) is 4.98 Å². The molecule has 0 aliphatic heterocycles. The molecule has 0 aliphatic carbocycles. The summed E-state index contributed by atoms with van der Waals surface area (Å²) in [6.45, 7) is 0. The zero-order valence-electron chi connectivity index (χ0n) is 5.79. The first-order valence-corrected chi connectivity index (χ1v) is 4.38. The normalized spacial score (nSPS) is 8.45. The van der Waals surface area contributed by atoms with Crippen molar-refractivity contribution in [2.75, 3.05) is 0 Å². The van der Waals surface area contributed by atoms with Crippen molar-refractivity contribution in [1.29, 1.82) is 0 Å². The molecule has 0 bridgehead atoms. The summed E-state index contributed by atoms with van der Waals surface area (Å²) in [5.74, 6) is 0. The van der Waals surface area contributed by atoms with Crippen LogP contribution in [0.5, 0.6) is 0 Å². The Kier molecular flexibility index (Phi) is 3.79. The molecular weight excluding hydrogens is 176 g/mol. The lowest BCUT2D eigenvalue weighted by molar-refractivity contribution is 1.25. The molecule has 58 valence electrons. The first-order chi connectivity index (χ1) is 5.39. The number of imidazole rings is 1. The number of hydrogen-bond acceptors (Lipinski definition) is 3. The van der Waals surface area contributed by atoms with Gasteiger partial charge in [0.1, 0.15) is 6.33 Å². The lowest BCUT2D eigenvalue weighted by atomic mass is 10.7. The standard InChI is InChI=1S/C4H4S.C3H4N2S/c1-2-4-5-3-1;6-5-2-1-4-3-5/h1-4H;1-3,6H. The highest BCUT2D eigenvalue weighted by Crippen LogP contribution is 1.91. The summed E-state index contributed by atoms with van der Waals surface area (Å²) in [5.41, 5.74) is 0. The van der Waals surface area contributed by atoms with Gasteiger partial charge in [0.15, 0.2) is 0 Å². The van der Waals surface area contributed by atoms with E-state index in [1.54, 1.807) is 34.0 Å². The van der Waals surface area contributed by atoms with Crippen molar-refractivity contribution < 1.29 is 0 Å². The number of hydrogen-bond donors (Lipinski definition) is 1. The third-order valence-electron chi connectivity index (χ3n) is 0.916. The second-order valence-corrected chi connectivity index (χ2v) is 3.01. The topological polar surface area (TPSA) is 17.8 Å². The molecule has 4 heteroatoms. The molecule has 0 saturated carbocycles. The van der Waals surface area contributed by atoms with Crippen molar-refractivity contribution in [3.05, 3.63) is 41.6 Å². The van der Waals surface area contributed by atoms with Crippen molar-refractivity contribution in [1.82, 2.24) is 8.96 Å². The minimum Gasteiger partial charge on any atom is -0.283 e. The Labute approximate surface area is 75.1 Å². The summed E-state index contributed by atoms with van der Waals surface area (Å²) in [4.78, 5) is 3.71. The SMILES string of the molecule is Sn1ccnc1.c1ccsc1. The van der Waals surface area contributed by atoms with E-state index in [2.05, 4.69) is 17.8 Å². The molecule has 2 nitrogen and oxygen atoms in total. The molecule has 0 aromatic carbocycles. The molecule has 0 aliphatic rings. The largest absolute Gasteiger partial charge is 0.283 e. The van der Waals surface area contributed by atoms with E-state index in [1.165, 1.54) is 0 Å². The molecule has 2 rings (SSSR count). The van der Waals surface area contributed by atoms with Gasteiger partial charge in [0, 0.05) is 12.4 Å². The summed E-state index contributed by atoms with van der Waals surface area (Å²) in [6.07, 6.45) is 5.04. The number of thiophene rings is 1. The van der Waals surface area contributed by atoms with Crippen molar-refractivity contribution in [3.8, 4) is 0 Å². The van der Waals surface area contributed by atoms with Crippen LogP contribution < -0.4 is 0 Å². The molecule has 11 heavy (non-hydrogen) atoms. The van der Waals surface area contributed by atoms with E-state index in [0.29, 0.717) is 0 Å². The van der Waals surface area contributed by atoms with Gasteiger partial charge in [-0.1, -0.05) is 24.9 Å². The van der Waals surface area contributed by atoms with Gasteiger partial charge in [0.25, 0.3) is 0 Å². The van der Waals surface area contributed by atoms with E-state index in [9.17, 15) is 0 Å². The van der Waals surface area contributed by atoms with Gasteiger partial charge in [-0.05, 0) is 10.8 Å². The van der Waals surface area contributed by atoms with Crippen molar-refractivity contribution in [3.63, 3.8) is 0 Å². The Morgan fingerprint density at radius 1 is 1.27 bits per heavy atom. The zero-order valence-corrected chi connectivity index (χ0v) is 7.50. The van der Waals surface area contributed by atoms with Crippen LogP contribution in [-0.2, 0) is 0 Å². The van der Waals surface area contributed by atoms with Gasteiger partial charge in [-0.3, -0.25) is 3.97 Å².